The van der Waals surface area contributed by atoms with Crippen molar-refractivity contribution in [2.45, 2.75) is 26.8 Å². The second kappa shape index (κ2) is 6.32. The fraction of sp³-hybridized carbons (Fsp3) is 0.333. The topological polar surface area (TPSA) is 47.0 Å². The lowest BCUT2D eigenvalue weighted by Crippen LogP contribution is -2.09. The third-order valence-electron chi connectivity index (χ3n) is 2.82. The Morgan fingerprint density at radius 1 is 1.30 bits per heavy atom. The fourth-order valence-corrected chi connectivity index (χ4v) is 1.92. The van der Waals surface area contributed by atoms with E-state index in [1.165, 1.54) is 12.1 Å². The fourth-order valence-electron chi connectivity index (χ4n) is 1.92. The van der Waals surface area contributed by atoms with Gasteiger partial charge in [-0.05, 0) is 38.5 Å². The zero-order chi connectivity index (χ0) is 14.5. The van der Waals surface area contributed by atoms with Crippen LogP contribution >= 0.6 is 0 Å². The molecule has 0 aliphatic heterocycles. The minimum Gasteiger partial charge on any atom is -0.478 e. The van der Waals surface area contributed by atoms with Gasteiger partial charge >= 0.3 is 0 Å². The summed E-state index contributed by atoms with van der Waals surface area (Å²) in [6, 6.07) is 8.19. The monoisotopic (exact) mass is 275 g/mol. The summed E-state index contributed by atoms with van der Waals surface area (Å²) in [6.45, 7) is 6.21. The lowest BCUT2D eigenvalue weighted by Gasteiger charge is -2.16. The molecule has 5 heteroatoms. The van der Waals surface area contributed by atoms with Crippen molar-refractivity contribution in [1.29, 1.82) is 0 Å². The largest absolute Gasteiger partial charge is 0.478 e. The van der Waals surface area contributed by atoms with Crippen LogP contribution < -0.4 is 10.1 Å². The van der Waals surface area contributed by atoms with Gasteiger partial charge in [0, 0.05) is 6.07 Å². The van der Waals surface area contributed by atoms with Gasteiger partial charge in [-0.2, -0.15) is 4.98 Å². The predicted molar refractivity (Wildman–Crippen MR) is 76.4 cm³/mol. The molecule has 0 aliphatic rings. The maximum atomic E-state index is 13.2. The smallest absolute Gasteiger partial charge is 0.218 e. The van der Waals surface area contributed by atoms with Crippen LogP contribution in [0.1, 0.15) is 31.3 Å². The van der Waals surface area contributed by atoms with E-state index in [2.05, 4.69) is 15.3 Å². The second-order valence-corrected chi connectivity index (χ2v) is 4.49. The van der Waals surface area contributed by atoms with E-state index < -0.39 is 0 Å². The minimum atomic E-state index is -0.245. The number of hydrogen-bond donors (Lipinski definition) is 1. The van der Waals surface area contributed by atoms with Crippen molar-refractivity contribution in [1.82, 2.24) is 9.97 Å². The van der Waals surface area contributed by atoms with E-state index in [1.807, 2.05) is 19.9 Å². The summed E-state index contributed by atoms with van der Waals surface area (Å²) in [5.74, 6) is 1.58. The molecule has 1 aromatic carbocycles. The quantitative estimate of drug-likeness (QED) is 0.907. The summed E-state index contributed by atoms with van der Waals surface area (Å²) < 4.78 is 18.6. The Morgan fingerprint density at radius 2 is 2.10 bits per heavy atom. The van der Waals surface area contributed by atoms with Crippen LogP contribution in [0.4, 0.5) is 10.2 Å². The number of aryl methyl sites for hydroxylation is 1. The van der Waals surface area contributed by atoms with Crippen molar-refractivity contribution >= 4 is 5.82 Å². The van der Waals surface area contributed by atoms with E-state index in [0.29, 0.717) is 24.1 Å². The van der Waals surface area contributed by atoms with Crippen LogP contribution in [0.5, 0.6) is 5.88 Å². The van der Waals surface area contributed by atoms with Crippen LogP contribution in [-0.4, -0.2) is 16.6 Å². The van der Waals surface area contributed by atoms with Gasteiger partial charge in [0.05, 0.1) is 12.6 Å². The molecule has 1 aromatic heterocycles. The highest BCUT2D eigenvalue weighted by atomic mass is 19.1. The van der Waals surface area contributed by atoms with Crippen molar-refractivity contribution in [3.63, 3.8) is 0 Å². The molecule has 1 heterocycles. The first-order chi connectivity index (χ1) is 9.58. The highest BCUT2D eigenvalue weighted by molar-refractivity contribution is 5.41. The van der Waals surface area contributed by atoms with Gasteiger partial charge in [0.25, 0.3) is 0 Å². The molecule has 0 saturated heterocycles. The van der Waals surface area contributed by atoms with Crippen LogP contribution in [0.3, 0.4) is 0 Å². The van der Waals surface area contributed by atoms with Gasteiger partial charge in [-0.1, -0.05) is 12.1 Å². The molecule has 0 saturated carbocycles. The number of hydrogen-bond acceptors (Lipinski definition) is 4. The maximum absolute atomic E-state index is 13.2. The van der Waals surface area contributed by atoms with Gasteiger partial charge in [0.15, 0.2) is 0 Å². The molecule has 2 rings (SSSR count). The molecule has 0 spiro atoms. The van der Waals surface area contributed by atoms with Crippen LogP contribution in [0.25, 0.3) is 0 Å². The Hall–Kier alpha value is -2.17. The minimum absolute atomic E-state index is 0.0607. The average Bonchev–Trinajstić information content (AvgIpc) is 2.38. The Morgan fingerprint density at radius 3 is 2.80 bits per heavy atom. The van der Waals surface area contributed by atoms with Crippen molar-refractivity contribution < 1.29 is 9.13 Å². The predicted octanol–water partition coefficient (Wildman–Crippen LogP) is 3.50. The summed E-state index contributed by atoms with van der Waals surface area (Å²) >= 11 is 0. The van der Waals surface area contributed by atoms with E-state index in [1.54, 1.807) is 19.1 Å². The zero-order valence-corrected chi connectivity index (χ0v) is 11.9. The van der Waals surface area contributed by atoms with E-state index in [-0.39, 0.29) is 11.9 Å². The Labute approximate surface area is 118 Å². The number of aromatic nitrogens is 2. The summed E-state index contributed by atoms with van der Waals surface area (Å²) in [6.07, 6.45) is 0. The van der Waals surface area contributed by atoms with Crippen molar-refractivity contribution in [2.24, 2.45) is 0 Å². The summed E-state index contributed by atoms with van der Waals surface area (Å²) in [5, 5.41) is 3.23. The third-order valence-corrected chi connectivity index (χ3v) is 2.82. The molecule has 20 heavy (non-hydrogen) atoms. The average molecular weight is 275 g/mol. The molecule has 0 fully saturated rings. The molecule has 1 unspecified atom stereocenters. The van der Waals surface area contributed by atoms with Gasteiger partial charge in [-0.3, -0.25) is 0 Å². The molecule has 1 atom stereocenters. The Bertz CT molecular complexity index is 589. The van der Waals surface area contributed by atoms with Crippen LogP contribution in [0.2, 0.25) is 0 Å². The molecular formula is C15H18FN3O. The molecule has 2 aromatic rings. The molecule has 106 valence electrons. The van der Waals surface area contributed by atoms with Crippen LogP contribution in [0.15, 0.2) is 30.3 Å². The van der Waals surface area contributed by atoms with Crippen molar-refractivity contribution in [2.75, 3.05) is 11.9 Å². The van der Waals surface area contributed by atoms with Gasteiger partial charge in [-0.15, -0.1) is 0 Å². The standard InChI is InChI=1S/C15H18FN3O/c1-4-20-15-9-14(18-11(3)19-15)17-10(2)12-6-5-7-13(16)8-12/h5-10H,4H2,1-3H3,(H,17,18,19). The highest BCUT2D eigenvalue weighted by Crippen LogP contribution is 2.21. The van der Waals surface area contributed by atoms with Gasteiger partial charge in [-0.25, -0.2) is 9.37 Å². The Kier molecular flexibility index (Phi) is 4.50. The third kappa shape index (κ3) is 3.66. The molecular weight excluding hydrogens is 257 g/mol. The first-order valence-corrected chi connectivity index (χ1v) is 6.59. The first-order valence-electron chi connectivity index (χ1n) is 6.59. The van der Waals surface area contributed by atoms with E-state index >= 15 is 0 Å². The number of rotatable bonds is 5. The van der Waals surface area contributed by atoms with Crippen LogP contribution in [-0.2, 0) is 0 Å². The number of anilines is 1. The molecule has 0 amide bonds. The number of halogens is 1. The number of nitrogens with zero attached hydrogens (tertiary/aromatic N) is 2. The normalized spacial score (nSPS) is 12.0. The molecule has 1 N–H and O–H groups in total. The first kappa shape index (κ1) is 14.2. The van der Waals surface area contributed by atoms with Gasteiger partial charge in [0.1, 0.15) is 17.5 Å². The SMILES string of the molecule is CCOc1cc(NC(C)c2cccc(F)c2)nc(C)n1. The van der Waals surface area contributed by atoms with Crippen molar-refractivity contribution in [3.05, 3.63) is 47.5 Å². The lowest BCUT2D eigenvalue weighted by molar-refractivity contribution is 0.325. The highest BCUT2D eigenvalue weighted by Gasteiger charge is 2.09. The summed E-state index contributed by atoms with van der Waals surface area (Å²) in [7, 11) is 0. The van der Waals surface area contributed by atoms with Crippen LogP contribution in [0, 0.1) is 12.7 Å². The lowest BCUT2D eigenvalue weighted by atomic mass is 10.1. The summed E-state index contributed by atoms with van der Waals surface area (Å²) in [5.41, 5.74) is 0.860. The summed E-state index contributed by atoms with van der Waals surface area (Å²) in [4.78, 5) is 8.49. The molecule has 0 radical (unpaired) electrons. The van der Waals surface area contributed by atoms with Gasteiger partial charge < -0.3 is 10.1 Å². The van der Waals surface area contributed by atoms with E-state index in [4.69, 9.17) is 4.74 Å². The second-order valence-electron chi connectivity index (χ2n) is 4.49. The molecule has 4 nitrogen and oxygen atoms in total. The number of benzene rings is 1. The van der Waals surface area contributed by atoms with Gasteiger partial charge in [0.2, 0.25) is 5.88 Å². The van der Waals surface area contributed by atoms with E-state index in [9.17, 15) is 4.39 Å². The molecule has 0 bridgehead atoms. The zero-order valence-electron chi connectivity index (χ0n) is 11.9. The number of ether oxygens (including phenoxy) is 1. The molecule has 0 aliphatic carbocycles. The van der Waals surface area contributed by atoms with Crippen molar-refractivity contribution in [3.8, 4) is 5.88 Å². The Balaban J connectivity index is 2.16. The maximum Gasteiger partial charge on any atom is 0.218 e. The number of nitrogens with one attached hydrogen (secondary N) is 1. The van der Waals surface area contributed by atoms with E-state index in [0.717, 1.165) is 5.56 Å².